The van der Waals surface area contributed by atoms with Gasteiger partial charge < -0.3 is 5.11 Å². The Kier molecular flexibility index (Phi) is 4.07. The lowest BCUT2D eigenvalue weighted by Crippen LogP contribution is -2.35. The number of aliphatic carboxylic acids is 1. The summed E-state index contributed by atoms with van der Waals surface area (Å²) in [5, 5.41) is 17.2. The van der Waals surface area contributed by atoms with Crippen LogP contribution in [0.3, 0.4) is 0 Å². The number of nitrogens with zero attached hydrogens (tertiary/aromatic N) is 4. The van der Waals surface area contributed by atoms with Crippen LogP contribution in [0.1, 0.15) is 23.0 Å². The Morgan fingerprint density at radius 1 is 1.32 bits per heavy atom. The van der Waals surface area contributed by atoms with Crippen LogP contribution in [0.25, 0.3) is 0 Å². The normalized spacial score (nSPS) is 13.3. The van der Waals surface area contributed by atoms with Gasteiger partial charge in [0.1, 0.15) is 6.04 Å². The fourth-order valence-electron chi connectivity index (χ4n) is 2.28. The van der Waals surface area contributed by atoms with E-state index in [9.17, 15) is 18.3 Å². The molecule has 0 saturated carbocycles. The van der Waals surface area contributed by atoms with Gasteiger partial charge in [0.2, 0.25) is 0 Å². The molecular weight excluding hydrogens is 310 g/mol. The van der Waals surface area contributed by atoms with E-state index in [2.05, 4.69) is 14.9 Å². The van der Waals surface area contributed by atoms with Crippen molar-refractivity contribution < 1.29 is 18.3 Å². The smallest absolute Gasteiger partial charge is 0.326 e. The number of carboxylic acid groups (broad SMARTS) is 1. The standard InChI is InChI=1S/C12H17N5O4S/c1-7-10(8(2)16(3)14-7)11(12(18)19)15-22(20,21)9-5-6-13-17(9)4/h5-6,11,15H,1-4H3,(H,18,19). The molecule has 10 heteroatoms. The average Bonchev–Trinajstić information content (AvgIpc) is 2.93. The fraction of sp³-hybridized carbons (Fsp3) is 0.417. The molecule has 0 aliphatic heterocycles. The number of aryl methyl sites for hydroxylation is 3. The van der Waals surface area contributed by atoms with Crippen LogP contribution < -0.4 is 4.72 Å². The largest absolute Gasteiger partial charge is 0.480 e. The van der Waals surface area contributed by atoms with Crippen LogP contribution in [0, 0.1) is 13.8 Å². The van der Waals surface area contributed by atoms with Crippen molar-refractivity contribution in [2.45, 2.75) is 24.9 Å². The first-order chi connectivity index (χ1) is 10.1. The molecule has 0 aliphatic carbocycles. The van der Waals surface area contributed by atoms with Crippen molar-refractivity contribution in [1.82, 2.24) is 24.3 Å². The van der Waals surface area contributed by atoms with Crippen molar-refractivity contribution in [3.8, 4) is 0 Å². The van der Waals surface area contributed by atoms with Crippen LogP contribution in [-0.2, 0) is 28.9 Å². The van der Waals surface area contributed by atoms with Gasteiger partial charge in [-0.3, -0.25) is 14.2 Å². The van der Waals surface area contributed by atoms with Crippen LogP contribution in [0.2, 0.25) is 0 Å². The maximum Gasteiger partial charge on any atom is 0.326 e. The summed E-state index contributed by atoms with van der Waals surface area (Å²) in [5.74, 6) is -1.30. The summed E-state index contributed by atoms with van der Waals surface area (Å²) in [6.07, 6.45) is 1.32. The Morgan fingerprint density at radius 2 is 1.95 bits per heavy atom. The molecule has 0 amide bonds. The molecule has 0 saturated heterocycles. The van der Waals surface area contributed by atoms with E-state index in [1.54, 1.807) is 20.9 Å². The molecular formula is C12H17N5O4S. The Morgan fingerprint density at radius 3 is 2.36 bits per heavy atom. The molecule has 120 valence electrons. The topological polar surface area (TPSA) is 119 Å². The zero-order valence-corrected chi connectivity index (χ0v) is 13.4. The Labute approximate surface area is 127 Å². The van der Waals surface area contributed by atoms with Gasteiger partial charge in [0.15, 0.2) is 5.03 Å². The van der Waals surface area contributed by atoms with E-state index < -0.39 is 22.0 Å². The molecule has 0 aliphatic rings. The number of hydrogen-bond acceptors (Lipinski definition) is 5. The number of nitrogens with one attached hydrogen (secondary N) is 1. The molecule has 2 N–H and O–H groups in total. The number of hydrogen-bond donors (Lipinski definition) is 2. The summed E-state index contributed by atoms with van der Waals surface area (Å²) < 4.78 is 29.6. The summed E-state index contributed by atoms with van der Waals surface area (Å²) in [7, 11) is -0.901. The summed E-state index contributed by atoms with van der Waals surface area (Å²) in [4.78, 5) is 11.6. The minimum Gasteiger partial charge on any atom is -0.480 e. The predicted molar refractivity (Wildman–Crippen MR) is 76.6 cm³/mol. The van der Waals surface area contributed by atoms with Crippen LogP contribution in [0.5, 0.6) is 0 Å². The monoisotopic (exact) mass is 327 g/mol. The van der Waals surface area contributed by atoms with Crippen LogP contribution >= 0.6 is 0 Å². The van der Waals surface area contributed by atoms with Gasteiger partial charge in [-0.05, 0) is 19.9 Å². The lowest BCUT2D eigenvalue weighted by atomic mass is 10.1. The third kappa shape index (κ3) is 2.74. The highest BCUT2D eigenvalue weighted by atomic mass is 32.2. The Hall–Kier alpha value is -2.20. The molecule has 2 heterocycles. The second-order valence-electron chi connectivity index (χ2n) is 4.89. The second-order valence-corrected chi connectivity index (χ2v) is 6.55. The highest BCUT2D eigenvalue weighted by molar-refractivity contribution is 7.89. The first-order valence-electron chi connectivity index (χ1n) is 6.38. The van der Waals surface area contributed by atoms with Gasteiger partial charge in [-0.2, -0.15) is 14.9 Å². The van der Waals surface area contributed by atoms with Crippen molar-refractivity contribution in [3.05, 3.63) is 29.2 Å². The number of sulfonamides is 1. The molecule has 1 unspecified atom stereocenters. The fourth-order valence-corrected chi connectivity index (χ4v) is 3.57. The van der Waals surface area contributed by atoms with E-state index in [1.807, 2.05) is 0 Å². The van der Waals surface area contributed by atoms with Gasteiger partial charge in [0.05, 0.1) is 11.9 Å². The summed E-state index contributed by atoms with van der Waals surface area (Å²) >= 11 is 0. The molecule has 22 heavy (non-hydrogen) atoms. The van der Waals surface area contributed by atoms with Crippen molar-refractivity contribution in [1.29, 1.82) is 0 Å². The third-order valence-electron chi connectivity index (χ3n) is 3.42. The molecule has 2 aromatic rings. The summed E-state index contributed by atoms with van der Waals surface area (Å²) in [6, 6.07) is -0.127. The van der Waals surface area contributed by atoms with Crippen LogP contribution in [0.15, 0.2) is 17.3 Å². The quantitative estimate of drug-likeness (QED) is 0.790. The molecule has 9 nitrogen and oxygen atoms in total. The zero-order valence-electron chi connectivity index (χ0n) is 12.6. The number of carboxylic acids is 1. The highest BCUT2D eigenvalue weighted by Crippen LogP contribution is 2.23. The molecule has 0 radical (unpaired) electrons. The van der Waals surface area contributed by atoms with Gasteiger partial charge in [-0.1, -0.05) is 0 Å². The van der Waals surface area contributed by atoms with E-state index in [1.165, 1.54) is 24.0 Å². The molecule has 0 spiro atoms. The van der Waals surface area contributed by atoms with Gasteiger partial charge in [0, 0.05) is 25.4 Å². The van der Waals surface area contributed by atoms with Crippen molar-refractivity contribution in [2.75, 3.05) is 0 Å². The van der Waals surface area contributed by atoms with E-state index in [0.29, 0.717) is 17.0 Å². The lowest BCUT2D eigenvalue weighted by molar-refractivity contribution is -0.139. The Balaban J connectivity index is 2.47. The van der Waals surface area contributed by atoms with Gasteiger partial charge in [-0.15, -0.1) is 0 Å². The van der Waals surface area contributed by atoms with E-state index in [4.69, 9.17) is 0 Å². The maximum absolute atomic E-state index is 12.4. The molecule has 1 atom stereocenters. The number of carbonyl (C=O) groups is 1. The summed E-state index contributed by atoms with van der Waals surface area (Å²) in [6.45, 7) is 3.32. The van der Waals surface area contributed by atoms with Crippen LogP contribution in [0.4, 0.5) is 0 Å². The van der Waals surface area contributed by atoms with Crippen molar-refractivity contribution in [2.24, 2.45) is 14.1 Å². The van der Waals surface area contributed by atoms with E-state index in [0.717, 1.165) is 4.68 Å². The number of aromatic nitrogens is 4. The zero-order chi connectivity index (χ0) is 16.7. The predicted octanol–water partition coefficient (Wildman–Crippen LogP) is -0.125. The molecule has 2 aromatic heterocycles. The third-order valence-corrected chi connectivity index (χ3v) is 4.92. The lowest BCUT2D eigenvalue weighted by Gasteiger charge is -2.15. The summed E-state index contributed by atoms with van der Waals surface area (Å²) in [5.41, 5.74) is 1.37. The first kappa shape index (κ1) is 16.2. The van der Waals surface area contributed by atoms with Crippen molar-refractivity contribution in [3.63, 3.8) is 0 Å². The Bertz CT molecular complexity index is 821. The average molecular weight is 327 g/mol. The highest BCUT2D eigenvalue weighted by Gasteiger charge is 2.32. The molecule has 0 fully saturated rings. The van der Waals surface area contributed by atoms with Crippen molar-refractivity contribution >= 4 is 16.0 Å². The number of rotatable bonds is 5. The van der Waals surface area contributed by atoms with Crippen LogP contribution in [-0.4, -0.2) is 39.1 Å². The van der Waals surface area contributed by atoms with E-state index >= 15 is 0 Å². The van der Waals surface area contributed by atoms with Gasteiger partial charge in [0.25, 0.3) is 10.0 Å². The van der Waals surface area contributed by atoms with Gasteiger partial charge >= 0.3 is 5.97 Å². The second kappa shape index (κ2) is 5.54. The molecule has 0 bridgehead atoms. The maximum atomic E-state index is 12.4. The SMILES string of the molecule is Cc1nn(C)c(C)c1C(NS(=O)(=O)c1ccnn1C)C(=O)O. The van der Waals surface area contributed by atoms with Gasteiger partial charge in [-0.25, -0.2) is 8.42 Å². The molecule has 2 rings (SSSR count). The van der Waals surface area contributed by atoms with E-state index in [-0.39, 0.29) is 5.03 Å². The first-order valence-corrected chi connectivity index (χ1v) is 7.86. The molecule has 0 aromatic carbocycles. The minimum absolute atomic E-state index is 0.113. The minimum atomic E-state index is -4.03.